The second kappa shape index (κ2) is 6.56. The van der Waals surface area contributed by atoms with E-state index in [2.05, 4.69) is 28.3 Å². The number of carbonyl (C=O) groups is 1. The summed E-state index contributed by atoms with van der Waals surface area (Å²) < 4.78 is 14.2. The fourth-order valence-corrected chi connectivity index (χ4v) is 3.92. The molecule has 28 heavy (non-hydrogen) atoms. The molecule has 2 aliphatic rings. The van der Waals surface area contributed by atoms with E-state index in [1.54, 1.807) is 26.2 Å². The number of fused-ring (bicyclic) bond motifs is 2. The van der Waals surface area contributed by atoms with Crippen molar-refractivity contribution in [2.24, 2.45) is 5.92 Å². The summed E-state index contributed by atoms with van der Waals surface area (Å²) in [5.41, 5.74) is 1.82. The molecule has 1 amide bonds. The van der Waals surface area contributed by atoms with E-state index in [4.69, 9.17) is 9.47 Å². The van der Waals surface area contributed by atoms with Gasteiger partial charge in [0.15, 0.2) is 11.3 Å². The van der Waals surface area contributed by atoms with E-state index in [-0.39, 0.29) is 35.6 Å². The number of anilines is 1. The number of nitrogens with one attached hydrogen (secondary N) is 2. The third-order valence-corrected chi connectivity index (χ3v) is 5.30. The minimum absolute atomic E-state index is 0.107. The number of H-pyrrole nitrogens is 1. The maximum Gasteiger partial charge on any atom is 0.277 e. The van der Waals surface area contributed by atoms with Crippen molar-refractivity contribution in [2.75, 3.05) is 5.32 Å². The van der Waals surface area contributed by atoms with Crippen LogP contribution in [0.1, 0.15) is 47.1 Å². The standard InChI is InChI=1S/C20H26N4O4/c1-6-11-7-13(17-16(11)27-20(4,5)28-17)24-9-21-15-12(24)8-14(23-19(15)26)22-18(25)10(2)3/h7-10,13,16-17H,6H2,1-5H3,(H2,22,23,25,26)/t13-,16+,17?/m1/s1. The summed E-state index contributed by atoms with van der Waals surface area (Å²) >= 11 is 0. The average Bonchev–Trinajstić information content (AvgIpc) is 3.25. The first-order valence-electron chi connectivity index (χ1n) is 9.67. The molecule has 1 aliphatic carbocycles. The van der Waals surface area contributed by atoms with Crippen molar-refractivity contribution in [3.8, 4) is 0 Å². The zero-order valence-corrected chi connectivity index (χ0v) is 16.8. The van der Waals surface area contributed by atoms with Crippen LogP contribution in [0.2, 0.25) is 0 Å². The van der Waals surface area contributed by atoms with Crippen LogP contribution in [0.4, 0.5) is 5.82 Å². The molecular formula is C20H26N4O4. The molecule has 0 radical (unpaired) electrons. The third kappa shape index (κ3) is 3.06. The molecule has 1 unspecified atom stereocenters. The van der Waals surface area contributed by atoms with Crippen molar-refractivity contribution in [3.63, 3.8) is 0 Å². The number of rotatable bonds is 4. The van der Waals surface area contributed by atoms with Crippen LogP contribution in [0.5, 0.6) is 0 Å². The fourth-order valence-electron chi connectivity index (χ4n) is 3.92. The third-order valence-electron chi connectivity index (χ3n) is 5.30. The number of pyridine rings is 1. The van der Waals surface area contributed by atoms with Crippen molar-refractivity contribution in [1.82, 2.24) is 14.5 Å². The molecule has 4 rings (SSSR count). The van der Waals surface area contributed by atoms with E-state index >= 15 is 0 Å². The number of hydrogen-bond donors (Lipinski definition) is 2. The predicted octanol–water partition coefficient (Wildman–Crippen LogP) is 2.73. The van der Waals surface area contributed by atoms with Gasteiger partial charge in [0.2, 0.25) is 5.91 Å². The Morgan fingerprint density at radius 1 is 1.39 bits per heavy atom. The Bertz CT molecular complexity index is 1020. The maximum atomic E-state index is 12.5. The molecule has 2 N–H and O–H groups in total. The van der Waals surface area contributed by atoms with Gasteiger partial charge in [0.1, 0.15) is 18.0 Å². The summed E-state index contributed by atoms with van der Waals surface area (Å²) in [4.78, 5) is 31.5. The Morgan fingerprint density at radius 2 is 2.14 bits per heavy atom. The lowest BCUT2D eigenvalue weighted by Crippen LogP contribution is -2.28. The van der Waals surface area contributed by atoms with Crippen LogP contribution in [0, 0.1) is 5.92 Å². The van der Waals surface area contributed by atoms with E-state index in [0.717, 1.165) is 6.42 Å². The first-order chi connectivity index (χ1) is 13.2. The first-order valence-corrected chi connectivity index (χ1v) is 9.67. The van der Waals surface area contributed by atoms with Crippen LogP contribution in [0.15, 0.2) is 28.8 Å². The van der Waals surface area contributed by atoms with Crippen molar-refractivity contribution >= 4 is 22.8 Å². The van der Waals surface area contributed by atoms with E-state index in [0.29, 0.717) is 16.9 Å². The molecule has 150 valence electrons. The summed E-state index contributed by atoms with van der Waals surface area (Å²) in [5.74, 6) is -0.659. The molecule has 2 aromatic rings. The van der Waals surface area contributed by atoms with Crippen molar-refractivity contribution in [2.45, 2.75) is 65.1 Å². The summed E-state index contributed by atoms with van der Waals surface area (Å²) in [6, 6.07) is 1.61. The van der Waals surface area contributed by atoms with E-state index < -0.39 is 5.79 Å². The van der Waals surface area contributed by atoms with Crippen molar-refractivity contribution in [3.05, 3.63) is 34.4 Å². The molecular weight excluding hydrogens is 360 g/mol. The number of carbonyl (C=O) groups excluding carboxylic acids is 1. The first kappa shape index (κ1) is 18.9. The maximum absolute atomic E-state index is 12.5. The quantitative estimate of drug-likeness (QED) is 0.788. The molecule has 2 aromatic heterocycles. The smallest absolute Gasteiger partial charge is 0.277 e. The topological polar surface area (TPSA) is 98.2 Å². The normalized spacial score (nSPS) is 25.9. The number of nitrogens with zero attached hydrogens (tertiary/aromatic N) is 2. The van der Waals surface area contributed by atoms with Gasteiger partial charge in [0.25, 0.3) is 5.56 Å². The molecule has 1 aliphatic heterocycles. The van der Waals surface area contributed by atoms with Crippen molar-refractivity contribution < 1.29 is 14.3 Å². The van der Waals surface area contributed by atoms with Gasteiger partial charge in [-0.15, -0.1) is 0 Å². The number of imidazole rings is 1. The zero-order valence-electron chi connectivity index (χ0n) is 16.8. The monoisotopic (exact) mass is 386 g/mol. The highest BCUT2D eigenvalue weighted by molar-refractivity contribution is 5.92. The van der Waals surface area contributed by atoms with Crippen molar-refractivity contribution in [1.29, 1.82) is 0 Å². The van der Waals surface area contributed by atoms with E-state index in [1.807, 2.05) is 18.4 Å². The van der Waals surface area contributed by atoms with Gasteiger partial charge in [-0.3, -0.25) is 9.59 Å². The summed E-state index contributed by atoms with van der Waals surface area (Å²) in [7, 11) is 0. The SMILES string of the molecule is CCC1=C[C@@H](n2cnc3c(=O)[nH]c(NC(=O)C(C)C)cc32)C2OC(C)(C)O[C@@H]12. The molecule has 3 atom stereocenters. The molecule has 3 heterocycles. The Hall–Kier alpha value is -2.45. The number of amides is 1. The molecule has 0 bridgehead atoms. The van der Waals surface area contributed by atoms with Crippen LogP contribution in [-0.4, -0.2) is 38.4 Å². The van der Waals surface area contributed by atoms with Crippen LogP contribution >= 0.6 is 0 Å². The highest BCUT2D eigenvalue weighted by atomic mass is 16.8. The summed E-state index contributed by atoms with van der Waals surface area (Å²) in [5, 5.41) is 2.75. The summed E-state index contributed by atoms with van der Waals surface area (Å²) in [6.07, 6.45) is 4.36. The average molecular weight is 386 g/mol. The lowest BCUT2D eigenvalue weighted by molar-refractivity contribution is -0.147. The number of aromatic nitrogens is 3. The molecule has 1 fully saturated rings. The highest BCUT2D eigenvalue weighted by Crippen LogP contribution is 2.44. The van der Waals surface area contributed by atoms with Gasteiger partial charge in [-0.2, -0.15) is 0 Å². The van der Waals surface area contributed by atoms with Gasteiger partial charge in [0.05, 0.1) is 17.9 Å². The zero-order chi connectivity index (χ0) is 20.2. The number of aromatic amines is 1. The molecule has 8 nitrogen and oxygen atoms in total. The largest absolute Gasteiger partial charge is 0.342 e. The second-order valence-corrected chi connectivity index (χ2v) is 8.15. The molecule has 0 spiro atoms. The van der Waals surface area contributed by atoms with E-state index in [9.17, 15) is 9.59 Å². The molecule has 8 heteroatoms. The van der Waals surface area contributed by atoms with Crippen LogP contribution in [0.25, 0.3) is 11.0 Å². The van der Waals surface area contributed by atoms with Gasteiger partial charge < -0.3 is 24.3 Å². The Kier molecular flexibility index (Phi) is 4.43. The molecule has 1 saturated heterocycles. The van der Waals surface area contributed by atoms with Gasteiger partial charge in [-0.25, -0.2) is 4.98 Å². The van der Waals surface area contributed by atoms with Crippen LogP contribution < -0.4 is 10.9 Å². The summed E-state index contributed by atoms with van der Waals surface area (Å²) in [6.45, 7) is 9.50. The van der Waals surface area contributed by atoms with Gasteiger partial charge >= 0.3 is 0 Å². The Balaban J connectivity index is 1.77. The lowest BCUT2D eigenvalue weighted by Gasteiger charge is -2.22. The lowest BCUT2D eigenvalue weighted by atomic mass is 10.1. The van der Waals surface area contributed by atoms with Gasteiger partial charge in [-0.05, 0) is 25.8 Å². The Morgan fingerprint density at radius 3 is 2.82 bits per heavy atom. The Labute approximate surface area is 162 Å². The number of hydrogen-bond acceptors (Lipinski definition) is 5. The van der Waals surface area contributed by atoms with Gasteiger partial charge in [-0.1, -0.05) is 26.8 Å². The fraction of sp³-hybridized carbons (Fsp3) is 0.550. The van der Waals surface area contributed by atoms with E-state index in [1.165, 1.54) is 5.57 Å². The number of ether oxygens (including phenoxy) is 2. The van der Waals surface area contributed by atoms with Crippen LogP contribution in [-0.2, 0) is 14.3 Å². The van der Waals surface area contributed by atoms with Crippen LogP contribution in [0.3, 0.4) is 0 Å². The predicted molar refractivity (Wildman–Crippen MR) is 105 cm³/mol. The minimum Gasteiger partial charge on any atom is -0.342 e. The molecule has 0 aromatic carbocycles. The van der Waals surface area contributed by atoms with Gasteiger partial charge in [0, 0.05) is 12.0 Å². The minimum atomic E-state index is -0.660. The molecule has 0 saturated carbocycles. The highest BCUT2D eigenvalue weighted by Gasteiger charge is 2.50. The second-order valence-electron chi connectivity index (χ2n) is 8.15.